The first-order valence-electron chi connectivity index (χ1n) is 10.1. The van der Waals surface area contributed by atoms with Crippen molar-refractivity contribution in [1.29, 1.82) is 0 Å². The first kappa shape index (κ1) is 25.7. The largest absolute Gasteiger partial charge is 0.478 e. The fourth-order valence-corrected chi connectivity index (χ4v) is 4.75. The second kappa shape index (κ2) is 11.0. The Bertz CT molecular complexity index is 1080. The predicted octanol–water partition coefficient (Wildman–Crippen LogP) is 6.18. The third kappa shape index (κ3) is 6.58. The Kier molecular flexibility index (Phi) is 8.33. The summed E-state index contributed by atoms with van der Waals surface area (Å²) in [6.07, 6.45) is 0. The number of hydrogen-bond acceptors (Lipinski definition) is 3. The van der Waals surface area contributed by atoms with E-state index in [-0.39, 0.29) is 0 Å². The van der Waals surface area contributed by atoms with E-state index >= 15 is 0 Å². The second-order valence-corrected chi connectivity index (χ2v) is 9.69. The maximum absolute atomic E-state index is 9.63. The zero-order valence-corrected chi connectivity index (χ0v) is 19.7. The van der Waals surface area contributed by atoms with E-state index < -0.39 is 15.6 Å². The lowest BCUT2D eigenvalue weighted by Crippen LogP contribution is -2.33. The lowest BCUT2D eigenvalue weighted by molar-refractivity contribution is 0.225. The molecular weight excluding hydrogens is 476 g/mol. The second-order valence-electron chi connectivity index (χ2n) is 7.08. The number of nitrogens with zero attached hydrogens (tertiary/aromatic N) is 1. The molecule has 34 heavy (non-hydrogen) atoms. The molecule has 176 valence electrons. The van der Waals surface area contributed by atoms with Crippen LogP contribution < -0.4 is 4.48 Å². The minimum atomic E-state index is -5.05. The van der Waals surface area contributed by atoms with E-state index in [9.17, 15) is 9.13 Å². The Morgan fingerprint density at radius 1 is 0.441 bits per heavy atom. The van der Waals surface area contributed by atoms with Crippen molar-refractivity contribution in [2.75, 3.05) is 0 Å². The average Bonchev–Trinajstić information content (AvgIpc) is 2.81. The number of rotatable bonds is 6. The molecule has 0 spiro atoms. The van der Waals surface area contributed by atoms with Crippen LogP contribution in [0.5, 0.6) is 0 Å². The fraction of sp³-hybridized carbons (Fsp3) is 0. The molecule has 0 fully saturated rings. The molecule has 0 heterocycles. The van der Waals surface area contributed by atoms with Crippen LogP contribution >= 0.6 is 15.6 Å². The van der Waals surface area contributed by atoms with Crippen molar-refractivity contribution >= 4 is 38.4 Å². The Labute approximate surface area is 197 Å². The van der Waals surface area contributed by atoms with Crippen LogP contribution in [0.25, 0.3) is 0 Å². The van der Waals surface area contributed by atoms with Gasteiger partial charge in [-0.3, -0.25) is 0 Å². The van der Waals surface area contributed by atoms with E-state index in [2.05, 4.69) is 126 Å². The molecule has 0 radical (unpaired) electrons. The quantitative estimate of drug-likeness (QED) is 0.184. The normalized spacial score (nSPS) is 11.9. The van der Waals surface area contributed by atoms with Gasteiger partial charge >= 0.3 is 15.6 Å². The first-order chi connectivity index (χ1) is 16.1. The summed E-state index contributed by atoms with van der Waals surface area (Å²) in [5.74, 6) is 0. The average molecular weight is 500 g/mol. The molecular formula is C24H24NO7P2+. The third-order valence-corrected chi connectivity index (χ3v) is 6.49. The van der Waals surface area contributed by atoms with Gasteiger partial charge in [0.2, 0.25) is 0 Å². The highest BCUT2D eigenvalue weighted by Crippen LogP contribution is 2.54. The molecule has 4 aromatic carbocycles. The topological polar surface area (TPSA) is 124 Å². The van der Waals surface area contributed by atoms with Crippen LogP contribution in [0.2, 0.25) is 0 Å². The zero-order chi connectivity index (χ0) is 24.7. The summed E-state index contributed by atoms with van der Waals surface area (Å²) in [6.45, 7) is 0. The summed E-state index contributed by atoms with van der Waals surface area (Å²) in [4.78, 5) is 31.0. The SMILES string of the molecule is O=P(O)(O)OP(=O)(O)O.c1ccc([N+](c2ccccc2)(c2ccccc2)c2ccccc2)cc1. The van der Waals surface area contributed by atoms with Crippen molar-refractivity contribution in [3.05, 3.63) is 121 Å². The Morgan fingerprint density at radius 3 is 0.794 bits per heavy atom. The predicted molar refractivity (Wildman–Crippen MR) is 132 cm³/mol. The smallest absolute Gasteiger partial charge is 0.302 e. The van der Waals surface area contributed by atoms with Gasteiger partial charge in [0, 0.05) is 48.5 Å². The van der Waals surface area contributed by atoms with E-state index in [1.54, 1.807) is 0 Å². The van der Waals surface area contributed by atoms with Gasteiger partial charge in [-0.05, 0) is 0 Å². The summed E-state index contributed by atoms with van der Waals surface area (Å²) < 4.78 is 22.8. The minimum Gasteiger partial charge on any atom is -0.302 e. The summed E-state index contributed by atoms with van der Waals surface area (Å²) in [6, 6.07) is 42.8. The highest BCUT2D eigenvalue weighted by atomic mass is 31.3. The van der Waals surface area contributed by atoms with Crippen molar-refractivity contribution in [3.8, 4) is 0 Å². The maximum atomic E-state index is 9.63. The molecule has 0 aliphatic rings. The van der Waals surface area contributed by atoms with Gasteiger partial charge in [-0.15, -0.1) is 0 Å². The van der Waals surface area contributed by atoms with Gasteiger partial charge in [0.1, 0.15) is 22.7 Å². The molecule has 0 unspecified atom stereocenters. The maximum Gasteiger partial charge on any atom is 0.478 e. The van der Waals surface area contributed by atoms with Crippen molar-refractivity contribution in [2.45, 2.75) is 0 Å². The molecule has 10 heteroatoms. The van der Waals surface area contributed by atoms with E-state index in [4.69, 9.17) is 19.6 Å². The molecule has 8 nitrogen and oxygen atoms in total. The number of benzene rings is 4. The number of hydrogen-bond donors (Lipinski definition) is 4. The summed E-state index contributed by atoms with van der Waals surface area (Å²) >= 11 is 0. The van der Waals surface area contributed by atoms with Crippen LogP contribution in [-0.2, 0) is 13.4 Å². The van der Waals surface area contributed by atoms with Crippen molar-refractivity contribution in [2.24, 2.45) is 0 Å². The first-order valence-corrected chi connectivity index (χ1v) is 13.1. The highest BCUT2D eigenvalue weighted by Gasteiger charge is 2.38. The van der Waals surface area contributed by atoms with Crippen LogP contribution in [0.15, 0.2) is 121 Å². The van der Waals surface area contributed by atoms with E-state index in [1.807, 2.05) is 0 Å². The Hall–Kier alpha value is -2.90. The minimum absolute atomic E-state index is 0.559. The van der Waals surface area contributed by atoms with Crippen LogP contribution in [0.3, 0.4) is 0 Å². The molecule has 0 amide bonds. The lowest BCUT2D eigenvalue weighted by atomic mass is 10.1. The van der Waals surface area contributed by atoms with E-state index in [1.165, 1.54) is 22.7 Å². The monoisotopic (exact) mass is 500 g/mol. The molecule has 0 bridgehead atoms. The molecule has 0 atom stereocenters. The van der Waals surface area contributed by atoms with Crippen molar-refractivity contribution < 1.29 is 33.0 Å². The standard InChI is InChI=1S/C24H20N.H4O7P2/c1-5-13-21(14-6-1)25(22-15-7-2-8-16-22,23-17-9-3-10-18-23)24-19-11-4-12-20-24;1-8(2,3)7-9(4,5)6/h1-20H;(H2,1,2,3)(H2,4,5,6)/q+1;. The fourth-order valence-electron chi connectivity index (χ4n) is 3.64. The molecule has 4 N–H and O–H groups in total. The third-order valence-electron chi connectivity index (χ3n) is 4.79. The van der Waals surface area contributed by atoms with E-state index in [0.29, 0.717) is 4.48 Å². The molecule has 0 aliphatic carbocycles. The van der Waals surface area contributed by atoms with Gasteiger partial charge in [-0.1, -0.05) is 72.8 Å². The lowest BCUT2D eigenvalue weighted by Gasteiger charge is -2.37. The van der Waals surface area contributed by atoms with Gasteiger partial charge in [0.25, 0.3) is 0 Å². The Balaban J connectivity index is 0.000000309. The van der Waals surface area contributed by atoms with Gasteiger partial charge in [0.15, 0.2) is 0 Å². The molecule has 0 saturated carbocycles. The summed E-state index contributed by atoms with van der Waals surface area (Å²) in [7, 11) is -10.1. The number of phosphoric acid groups is 2. The summed E-state index contributed by atoms with van der Waals surface area (Å²) in [5, 5.41) is 0. The van der Waals surface area contributed by atoms with Crippen LogP contribution in [0.4, 0.5) is 22.7 Å². The van der Waals surface area contributed by atoms with Gasteiger partial charge in [0.05, 0.1) is 0 Å². The van der Waals surface area contributed by atoms with Crippen molar-refractivity contribution in [3.63, 3.8) is 0 Å². The molecule has 0 aliphatic heterocycles. The number of para-hydroxylation sites is 4. The zero-order valence-electron chi connectivity index (χ0n) is 17.9. The van der Waals surface area contributed by atoms with Gasteiger partial charge < -0.3 is 19.6 Å². The van der Waals surface area contributed by atoms with Gasteiger partial charge in [-0.25, -0.2) is 9.13 Å². The Morgan fingerprint density at radius 2 is 0.647 bits per heavy atom. The molecule has 4 rings (SSSR count). The van der Waals surface area contributed by atoms with Crippen LogP contribution in [-0.4, -0.2) is 19.6 Å². The molecule has 0 saturated heterocycles. The van der Waals surface area contributed by atoms with Crippen LogP contribution in [0.1, 0.15) is 0 Å². The van der Waals surface area contributed by atoms with Crippen LogP contribution in [0, 0.1) is 0 Å². The van der Waals surface area contributed by atoms with Crippen molar-refractivity contribution in [1.82, 2.24) is 4.48 Å². The van der Waals surface area contributed by atoms with E-state index in [0.717, 1.165) is 0 Å². The molecule has 4 aromatic rings. The molecule has 0 aromatic heterocycles. The number of quaternary nitrogens is 1. The highest BCUT2D eigenvalue weighted by molar-refractivity contribution is 7.60. The summed E-state index contributed by atoms with van der Waals surface area (Å²) in [5.41, 5.74) is 4.86. The van der Waals surface area contributed by atoms with Gasteiger partial charge in [-0.2, -0.15) is 8.79 Å².